The number of primary amides is 1. The number of methoxy groups -OCH3 is 1. The summed E-state index contributed by atoms with van der Waals surface area (Å²) in [6.07, 6.45) is 0. The molecule has 2 N–H and O–H groups in total. The van der Waals surface area contributed by atoms with Gasteiger partial charge in [-0.05, 0) is 43.7 Å². The highest BCUT2D eigenvalue weighted by molar-refractivity contribution is 5.99. The van der Waals surface area contributed by atoms with Crippen LogP contribution in [-0.2, 0) is 0 Å². The van der Waals surface area contributed by atoms with Gasteiger partial charge in [0.2, 0.25) is 0 Å². The molecule has 1 aromatic heterocycles. The summed E-state index contributed by atoms with van der Waals surface area (Å²) in [6, 6.07) is 6.09. The predicted octanol–water partition coefficient (Wildman–Crippen LogP) is 2.61. The fourth-order valence-electron chi connectivity index (χ4n) is 1.93. The van der Waals surface area contributed by atoms with Crippen molar-refractivity contribution in [3.8, 4) is 17.0 Å². The summed E-state index contributed by atoms with van der Waals surface area (Å²) in [4.78, 5) is 15.9. The van der Waals surface area contributed by atoms with Crippen molar-refractivity contribution in [3.05, 3.63) is 46.9 Å². The molecular weight excluding hydrogens is 259 g/mol. The molecule has 20 heavy (non-hydrogen) atoms. The van der Waals surface area contributed by atoms with Gasteiger partial charge < -0.3 is 10.5 Å². The van der Waals surface area contributed by atoms with E-state index in [0.717, 1.165) is 11.3 Å². The second kappa shape index (κ2) is 5.28. The van der Waals surface area contributed by atoms with E-state index in [-0.39, 0.29) is 11.3 Å². The normalized spacial score (nSPS) is 10.4. The van der Waals surface area contributed by atoms with E-state index in [1.165, 1.54) is 19.2 Å². The lowest BCUT2D eigenvalue weighted by molar-refractivity contribution is 0.100. The summed E-state index contributed by atoms with van der Waals surface area (Å²) < 4.78 is 18.6. The van der Waals surface area contributed by atoms with Crippen LogP contribution in [0.5, 0.6) is 5.75 Å². The van der Waals surface area contributed by atoms with Crippen molar-refractivity contribution in [2.24, 2.45) is 5.73 Å². The van der Waals surface area contributed by atoms with E-state index in [9.17, 15) is 9.18 Å². The molecular formula is C15H15FN2O2. The fourth-order valence-corrected chi connectivity index (χ4v) is 1.93. The van der Waals surface area contributed by atoms with E-state index in [1.54, 1.807) is 12.1 Å². The smallest absolute Gasteiger partial charge is 0.250 e. The van der Waals surface area contributed by atoms with Crippen molar-refractivity contribution in [2.45, 2.75) is 13.8 Å². The van der Waals surface area contributed by atoms with Gasteiger partial charge in [0.05, 0.1) is 18.4 Å². The molecule has 0 aliphatic carbocycles. The van der Waals surface area contributed by atoms with Crippen LogP contribution in [-0.4, -0.2) is 18.0 Å². The number of carbonyl (C=O) groups excluding carboxylic acids is 1. The second-order valence-electron chi connectivity index (χ2n) is 4.50. The van der Waals surface area contributed by atoms with Crippen LogP contribution >= 0.6 is 0 Å². The van der Waals surface area contributed by atoms with Gasteiger partial charge in [-0.25, -0.2) is 4.39 Å². The Morgan fingerprint density at radius 1 is 1.30 bits per heavy atom. The molecule has 4 nitrogen and oxygen atoms in total. The van der Waals surface area contributed by atoms with Crippen LogP contribution in [0.4, 0.5) is 4.39 Å². The van der Waals surface area contributed by atoms with E-state index in [0.29, 0.717) is 11.3 Å². The van der Waals surface area contributed by atoms with Crippen molar-refractivity contribution in [3.63, 3.8) is 0 Å². The highest BCUT2D eigenvalue weighted by atomic mass is 19.1. The number of carbonyl (C=O) groups is 1. The Morgan fingerprint density at radius 3 is 2.55 bits per heavy atom. The van der Waals surface area contributed by atoms with E-state index in [1.807, 2.05) is 13.8 Å². The average Bonchev–Trinajstić information content (AvgIpc) is 2.41. The van der Waals surface area contributed by atoms with Crippen LogP contribution in [0.15, 0.2) is 24.3 Å². The third-order valence-electron chi connectivity index (χ3n) is 3.16. The Labute approximate surface area is 116 Å². The molecule has 1 heterocycles. The van der Waals surface area contributed by atoms with E-state index in [4.69, 9.17) is 10.5 Å². The van der Waals surface area contributed by atoms with Crippen LogP contribution in [0.3, 0.4) is 0 Å². The molecule has 5 heteroatoms. The minimum Gasteiger partial charge on any atom is -0.494 e. The first-order valence-corrected chi connectivity index (χ1v) is 6.06. The highest BCUT2D eigenvalue weighted by Crippen LogP contribution is 2.27. The minimum atomic E-state index is -0.591. The van der Waals surface area contributed by atoms with Crippen LogP contribution < -0.4 is 10.5 Å². The molecule has 0 radical (unpaired) electrons. The molecule has 0 aliphatic heterocycles. The van der Waals surface area contributed by atoms with Crippen molar-refractivity contribution in [2.75, 3.05) is 7.11 Å². The zero-order valence-corrected chi connectivity index (χ0v) is 11.5. The van der Waals surface area contributed by atoms with Crippen LogP contribution in [0.2, 0.25) is 0 Å². The number of ether oxygens (including phenoxy) is 1. The first kappa shape index (κ1) is 14.0. The molecule has 2 rings (SSSR count). The monoisotopic (exact) mass is 274 g/mol. The average molecular weight is 274 g/mol. The van der Waals surface area contributed by atoms with Crippen LogP contribution in [0, 0.1) is 19.7 Å². The second-order valence-corrected chi connectivity index (χ2v) is 4.50. The Hall–Kier alpha value is -2.43. The summed E-state index contributed by atoms with van der Waals surface area (Å²) in [5.74, 6) is -0.967. The Bertz CT molecular complexity index is 684. The van der Waals surface area contributed by atoms with Gasteiger partial charge in [0.1, 0.15) is 0 Å². The number of hydrogen-bond donors (Lipinski definition) is 1. The van der Waals surface area contributed by atoms with Gasteiger partial charge in [-0.1, -0.05) is 0 Å². The van der Waals surface area contributed by atoms with Gasteiger partial charge in [-0.3, -0.25) is 9.78 Å². The number of pyridine rings is 1. The van der Waals surface area contributed by atoms with E-state index in [2.05, 4.69) is 4.98 Å². The maximum Gasteiger partial charge on any atom is 0.250 e. The highest BCUT2D eigenvalue weighted by Gasteiger charge is 2.15. The fraction of sp³-hybridized carbons (Fsp3) is 0.200. The SMILES string of the molecule is COc1ccc(-c2nc(C)c(C)cc2C(N)=O)cc1F. The first-order valence-electron chi connectivity index (χ1n) is 6.06. The Kier molecular flexibility index (Phi) is 3.70. The summed E-state index contributed by atoms with van der Waals surface area (Å²) in [7, 11) is 1.39. The number of amides is 1. The summed E-state index contributed by atoms with van der Waals surface area (Å²) in [5.41, 5.74) is 8.13. The van der Waals surface area contributed by atoms with Crippen molar-refractivity contribution in [1.29, 1.82) is 0 Å². The van der Waals surface area contributed by atoms with Gasteiger partial charge in [0, 0.05) is 11.3 Å². The number of nitrogens with two attached hydrogens (primary N) is 1. The molecule has 0 fully saturated rings. The number of aryl methyl sites for hydroxylation is 2. The first-order chi connectivity index (χ1) is 9.43. The molecule has 0 aliphatic rings. The number of hydrogen-bond acceptors (Lipinski definition) is 3. The maximum absolute atomic E-state index is 13.8. The molecule has 0 saturated heterocycles. The van der Waals surface area contributed by atoms with Crippen LogP contribution in [0.1, 0.15) is 21.6 Å². The standard InChI is InChI=1S/C15H15FN2O2/c1-8-6-11(15(17)19)14(18-9(8)2)10-4-5-13(20-3)12(16)7-10/h4-7H,1-3H3,(H2,17,19). The molecule has 0 spiro atoms. The molecule has 0 bridgehead atoms. The topological polar surface area (TPSA) is 65.2 Å². The van der Waals surface area contributed by atoms with Crippen molar-refractivity contribution < 1.29 is 13.9 Å². The number of rotatable bonds is 3. The van der Waals surface area contributed by atoms with Gasteiger partial charge in [0.15, 0.2) is 11.6 Å². The van der Waals surface area contributed by atoms with E-state index >= 15 is 0 Å². The van der Waals surface area contributed by atoms with Crippen molar-refractivity contribution in [1.82, 2.24) is 4.98 Å². The molecule has 0 atom stereocenters. The molecule has 0 unspecified atom stereocenters. The van der Waals surface area contributed by atoms with Gasteiger partial charge in [0.25, 0.3) is 5.91 Å². The zero-order chi connectivity index (χ0) is 14.9. The Balaban J connectivity index is 2.65. The Morgan fingerprint density at radius 2 is 2.00 bits per heavy atom. The van der Waals surface area contributed by atoms with Crippen molar-refractivity contribution >= 4 is 5.91 Å². The molecule has 1 aromatic carbocycles. The van der Waals surface area contributed by atoms with Crippen LogP contribution in [0.25, 0.3) is 11.3 Å². The number of benzene rings is 1. The third kappa shape index (κ3) is 2.47. The molecule has 0 saturated carbocycles. The molecule has 1 amide bonds. The van der Waals surface area contributed by atoms with Gasteiger partial charge in [-0.2, -0.15) is 0 Å². The summed E-state index contributed by atoms with van der Waals surface area (Å²) in [5, 5.41) is 0. The lowest BCUT2D eigenvalue weighted by atomic mass is 10.0. The third-order valence-corrected chi connectivity index (χ3v) is 3.16. The maximum atomic E-state index is 13.8. The quantitative estimate of drug-likeness (QED) is 0.935. The van der Waals surface area contributed by atoms with E-state index < -0.39 is 11.7 Å². The minimum absolute atomic E-state index is 0.137. The van der Waals surface area contributed by atoms with Gasteiger partial charge >= 0.3 is 0 Å². The largest absolute Gasteiger partial charge is 0.494 e. The summed E-state index contributed by atoms with van der Waals surface area (Å²) in [6.45, 7) is 3.66. The molecule has 2 aromatic rings. The number of aromatic nitrogens is 1. The predicted molar refractivity (Wildman–Crippen MR) is 74.2 cm³/mol. The van der Waals surface area contributed by atoms with Gasteiger partial charge in [-0.15, -0.1) is 0 Å². The summed E-state index contributed by atoms with van der Waals surface area (Å²) >= 11 is 0. The lowest BCUT2D eigenvalue weighted by Crippen LogP contribution is -2.14. The lowest BCUT2D eigenvalue weighted by Gasteiger charge is -2.11. The number of halogens is 1. The zero-order valence-electron chi connectivity index (χ0n) is 11.5. The molecule has 104 valence electrons. The number of nitrogens with zero attached hydrogens (tertiary/aromatic N) is 1.